The molecule has 3 heterocycles. The number of para-hydroxylation sites is 1. The van der Waals surface area contributed by atoms with Crippen molar-refractivity contribution < 1.29 is 4.79 Å². The molecule has 0 bridgehead atoms. The zero-order chi connectivity index (χ0) is 23.8. The Bertz CT molecular complexity index is 1290. The molecule has 1 aromatic carbocycles. The number of rotatable bonds is 6. The molecule has 1 N–H and O–H groups in total. The second-order valence-electron chi connectivity index (χ2n) is 9.71. The standard InChI is InChI=1S/C27H34N4O2S/c1-4-19-11-9-10-17(2)24(19)29-25(32)18(3)31-22(16-30-14-7-8-15-30)28-26-23(27(31)33)20-12-5-6-13-21(20)34-26/h9-11,18H,4-8,12-16H2,1-3H3,(H,29,32). The highest BCUT2D eigenvalue weighted by Gasteiger charge is 2.28. The SMILES string of the molecule is CCc1cccc(C)c1NC(=O)C(C)n1c(CN2CCCC2)nc2sc3c(c2c1=O)CCCC3. The molecule has 1 saturated heterocycles. The van der Waals surface area contributed by atoms with Gasteiger partial charge in [0.1, 0.15) is 16.7 Å². The third-order valence-electron chi connectivity index (χ3n) is 7.41. The molecule has 1 unspecified atom stereocenters. The van der Waals surface area contributed by atoms with Crippen LogP contribution in [0.1, 0.15) is 73.0 Å². The van der Waals surface area contributed by atoms with Gasteiger partial charge in [-0.05, 0) is 88.6 Å². The molecular formula is C27H34N4O2S. The van der Waals surface area contributed by atoms with Crippen molar-refractivity contribution in [2.24, 2.45) is 0 Å². The van der Waals surface area contributed by atoms with Gasteiger partial charge in [-0.25, -0.2) is 4.98 Å². The number of thiophene rings is 1. The van der Waals surface area contributed by atoms with Gasteiger partial charge in [-0.15, -0.1) is 11.3 Å². The second kappa shape index (κ2) is 9.62. The Labute approximate surface area is 205 Å². The summed E-state index contributed by atoms with van der Waals surface area (Å²) in [4.78, 5) is 37.0. The predicted octanol–water partition coefficient (Wildman–Crippen LogP) is 5.00. The fourth-order valence-electron chi connectivity index (χ4n) is 5.46. The van der Waals surface area contributed by atoms with Gasteiger partial charge in [-0.3, -0.25) is 19.1 Å². The molecule has 0 saturated carbocycles. The van der Waals surface area contributed by atoms with Gasteiger partial charge < -0.3 is 5.32 Å². The van der Waals surface area contributed by atoms with Crippen LogP contribution in [0.4, 0.5) is 5.69 Å². The van der Waals surface area contributed by atoms with E-state index >= 15 is 0 Å². The lowest BCUT2D eigenvalue weighted by Gasteiger charge is -2.23. The maximum Gasteiger partial charge on any atom is 0.263 e. The van der Waals surface area contributed by atoms with Gasteiger partial charge in [0.2, 0.25) is 5.91 Å². The highest BCUT2D eigenvalue weighted by molar-refractivity contribution is 7.18. The Balaban J connectivity index is 1.58. The molecule has 180 valence electrons. The van der Waals surface area contributed by atoms with Gasteiger partial charge in [0.05, 0.1) is 11.9 Å². The highest BCUT2D eigenvalue weighted by atomic mass is 32.1. The molecule has 0 spiro atoms. The summed E-state index contributed by atoms with van der Waals surface area (Å²) in [5, 5.41) is 3.89. The second-order valence-corrected chi connectivity index (χ2v) is 10.8. The van der Waals surface area contributed by atoms with Crippen LogP contribution < -0.4 is 10.9 Å². The fourth-order valence-corrected chi connectivity index (χ4v) is 6.73. The molecule has 1 aliphatic heterocycles. The summed E-state index contributed by atoms with van der Waals surface area (Å²) < 4.78 is 1.68. The molecule has 5 rings (SSSR count). The first-order chi connectivity index (χ1) is 16.5. The van der Waals surface area contributed by atoms with Crippen molar-refractivity contribution in [3.8, 4) is 0 Å². The summed E-state index contributed by atoms with van der Waals surface area (Å²) in [6, 6.07) is 5.42. The van der Waals surface area contributed by atoms with Crippen molar-refractivity contribution in [2.45, 2.75) is 78.3 Å². The number of hydrogen-bond acceptors (Lipinski definition) is 5. The van der Waals surface area contributed by atoms with Gasteiger partial charge >= 0.3 is 0 Å². The van der Waals surface area contributed by atoms with E-state index < -0.39 is 6.04 Å². The number of aryl methyl sites for hydroxylation is 4. The molecule has 1 amide bonds. The van der Waals surface area contributed by atoms with Crippen LogP contribution in [0.5, 0.6) is 0 Å². The van der Waals surface area contributed by atoms with Gasteiger partial charge in [0.15, 0.2) is 0 Å². The monoisotopic (exact) mass is 478 g/mol. The number of anilines is 1. The van der Waals surface area contributed by atoms with Crippen LogP contribution in [0.15, 0.2) is 23.0 Å². The third kappa shape index (κ3) is 4.20. The first-order valence-corrected chi connectivity index (χ1v) is 13.5. The van der Waals surface area contributed by atoms with E-state index in [-0.39, 0.29) is 11.5 Å². The summed E-state index contributed by atoms with van der Waals surface area (Å²) in [5.41, 5.74) is 4.11. The number of carbonyl (C=O) groups excluding carboxylic acids is 1. The van der Waals surface area contributed by atoms with Crippen molar-refractivity contribution in [1.82, 2.24) is 14.5 Å². The maximum absolute atomic E-state index is 14.0. The Morgan fingerprint density at radius 1 is 1.18 bits per heavy atom. The molecule has 1 fully saturated rings. The molecule has 1 aliphatic carbocycles. The molecule has 6 nitrogen and oxygen atoms in total. The number of likely N-dealkylation sites (tertiary alicyclic amines) is 1. The average Bonchev–Trinajstić information content (AvgIpc) is 3.47. The molecule has 3 aromatic rings. The highest BCUT2D eigenvalue weighted by Crippen LogP contribution is 2.34. The number of aromatic nitrogens is 2. The summed E-state index contributed by atoms with van der Waals surface area (Å²) in [5.74, 6) is 0.542. The summed E-state index contributed by atoms with van der Waals surface area (Å²) in [6.45, 7) is 8.56. The molecule has 7 heteroatoms. The summed E-state index contributed by atoms with van der Waals surface area (Å²) >= 11 is 1.68. The van der Waals surface area contributed by atoms with E-state index in [1.807, 2.05) is 32.0 Å². The Kier molecular flexibility index (Phi) is 6.58. The van der Waals surface area contributed by atoms with Crippen LogP contribution in [-0.2, 0) is 30.6 Å². The number of benzene rings is 1. The minimum atomic E-state index is -0.648. The first-order valence-electron chi connectivity index (χ1n) is 12.6. The van der Waals surface area contributed by atoms with Crippen molar-refractivity contribution in [3.63, 3.8) is 0 Å². The topological polar surface area (TPSA) is 67.2 Å². The first kappa shape index (κ1) is 23.2. The number of nitrogens with zero attached hydrogens (tertiary/aromatic N) is 3. The van der Waals surface area contributed by atoms with E-state index in [0.29, 0.717) is 12.4 Å². The van der Waals surface area contributed by atoms with Crippen molar-refractivity contribution >= 4 is 33.1 Å². The van der Waals surface area contributed by atoms with Crippen LogP contribution in [-0.4, -0.2) is 33.4 Å². The van der Waals surface area contributed by atoms with E-state index in [9.17, 15) is 9.59 Å². The lowest BCUT2D eigenvalue weighted by Crippen LogP contribution is -2.36. The molecule has 2 aliphatic rings. The van der Waals surface area contributed by atoms with Crippen LogP contribution in [0.2, 0.25) is 0 Å². The third-order valence-corrected chi connectivity index (χ3v) is 8.60. The Morgan fingerprint density at radius 3 is 2.71 bits per heavy atom. The van der Waals surface area contributed by atoms with Gasteiger partial charge in [0, 0.05) is 10.6 Å². The Hall–Kier alpha value is -2.51. The minimum Gasteiger partial charge on any atom is -0.324 e. The van der Waals surface area contributed by atoms with E-state index in [0.717, 1.165) is 65.8 Å². The summed E-state index contributed by atoms with van der Waals surface area (Å²) in [7, 11) is 0. The Morgan fingerprint density at radius 2 is 1.94 bits per heavy atom. The van der Waals surface area contributed by atoms with E-state index in [1.165, 1.54) is 29.7 Å². The smallest absolute Gasteiger partial charge is 0.263 e. The van der Waals surface area contributed by atoms with Crippen molar-refractivity contribution in [1.29, 1.82) is 0 Å². The maximum atomic E-state index is 14.0. The van der Waals surface area contributed by atoms with Crippen LogP contribution in [0, 0.1) is 6.92 Å². The predicted molar refractivity (Wildman–Crippen MR) is 139 cm³/mol. The minimum absolute atomic E-state index is 0.0539. The number of fused-ring (bicyclic) bond motifs is 3. The normalized spacial score (nSPS) is 17.1. The number of amides is 1. The number of hydrogen-bond donors (Lipinski definition) is 1. The molecular weight excluding hydrogens is 444 g/mol. The van der Waals surface area contributed by atoms with E-state index in [2.05, 4.69) is 17.1 Å². The lowest BCUT2D eigenvalue weighted by molar-refractivity contribution is -0.119. The fraction of sp³-hybridized carbons (Fsp3) is 0.519. The summed E-state index contributed by atoms with van der Waals surface area (Å²) in [6.07, 6.45) is 7.41. The van der Waals surface area contributed by atoms with Crippen LogP contribution >= 0.6 is 11.3 Å². The van der Waals surface area contributed by atoms with Crippen molar-refractivity contribution in [3.05, 3.63) is 55.9 Å². The molecule has 34 heavy (non-hydrogen) atoms. The van der Waals surface area contributed by atoms with Gasteiger partial charge in [-0.2, -0.15) is 0 Å². The average molecular weight is 479 g/mol. The van der Waals surface area contributed by atoms with Crippen LogP contribution in [0.3, 0.4) is 0 Å². The quantitative estimate of drug-likeness (QED) is 0.541. The van der Waals surface area contributed by atoms with E-state index in [1.54, 1.807) is 15.9 Å². The number of carbonyl (C=O) groups is 1. The van der Waals surface area contributed by atoms with Crippen LogP contribution in [0.25, 0.3) is 10.2 Å². The molecule has 1 atom stereocenters. The number of nitrogens with one attached hydrogen (secondary N) is 1. The van der Waals surface area contributed by atoms with Gasteiger partial charge in [-0.1, -0.05) is 25.1 Å². The van der Waals surface area contributed by atoms with Crippen molar-refractivity contribution in [2.75, 3.05) is 18.4 Å². The zero-order valence-corrected chi connectivity index (χ0v) is 21.3. The lowest BCUT2D eigenvalue weighted by atomic mass is 9.97. The zero-order valence-electron chi connectivity index (χ0n) is 20.4. The largest absolute Gasteiger partial charge is 0.324 e. The molecule has 0 radical (unpaired) electrons. The van der Waals surface area contributed by atoms with E-state index in [4.69, 9.17) is 4.98 Å². The molecule has 2 aromatic heterocycles. The van der Waals surface area contributed by atoms with Gasteiger partial charge in [0.25, 0.3) is 5.56 Å².